The Labute approximate surface area is 129 Å². The van der Waals surface area contributed by atoms with Gasteiger partial charge in [-0.1, -0.05) is 18.2 Å². The van der Waals surface area contributed by atoms with Crippen LogP contribution in [0.15, 0.2) is 47.5 Å². The molecule has 0 aliphatic carbocycles. The van der Waals surface area contributed by atoms with Crippen LogP contribution in [0.4, 0.5) is 5.69 Å². The standard InChI is InChI=1S/C18H17NO3/c1-20-8-9-21-13-6-7-17-15(10-13)18(12-22-17)11-19-16-5-3-2-4-14(16)18/h2-7,10-11H,8-9,12H2,1H3. The zero-order valence-corrected chi connectivity index (χ0v) is 12.4. The molecule has 2 aliphatic heterocycles. The molecule has 0 saturated carbocycles. The maximum atomic E-state index is 5.90. The molecule has 0 N–H and O–H groups in total. The fourth-order valence-electron chi connectivity index (χ4n) is 3.13. The molecular formula is C18H17NO3. The van der Waals surface area contributed by atoms with E-state index in [2.05, 4.69) is 17.1 Å². The fourth-order valence-corrected chi connectivity index (χ4v) is 3.13. The Morgan fingerprint density at radius 1 is 1.14 bits per heavy atom. The molecule has 0 bridgehead atoms. The van der Waals surface area contributed by atoms with E-state index < -0.39 is 0 Å². The van der Waals surface area contributed by atoms with Crippen LogP contribution in [0.2, 0.25) is 0 Å². The van der Waals surface area contributed by atoms with Crippen LogP contribution < -0.4 is 9.47 Å². The van der Waals surface area contributed by atoms with Crippen molar-refractivity contribution < 1.29 is 14.2 Å². The lowest BCUT2D eigenvalue weighted by molar-refractivity contribution is 0.146. The number of methoxy groups -OCH3 is 1. The third-order valence-corrected chi connectivity index (χ3v) is 4.25. The summed E-state index contributed by atoms with van der Waals surface area (Å²) in [5.41, 5.74) is 3.05. The molecule has 1 atom stereocenters. The lowest BCUT2D eigenvalue weighted by atomic mass is 9.78. The maximum Gasteiger partial charge on any atom is 0.124 e. The highest BCUT2D eigenvalue weighted by molar-refractivity contribution is 5.91. The summed E-state index contributed by atoms with van der Waals surface area (Å²) < 4.78 is 16.7. The molecule has 1 unspecified atom stereocenters. The summed E-state index contributed by atoms with van der Waals surface area (Å²) >= 11 is 0. The van der Waals surface area contributed by atoms with Crippen LogP contribution >= 0.6 is 0 Å². The van der Waals surface area contributed by atoms with Crippen molar-refractivity contribution in [3.63, 3.8) is 0 Å². The first kappa shape index (κ1) is 13.3. The summed E-state index contributed by atoms with van der Waals surface area (Å²) in [6.45, 7) is 1.70. The second kappa shape index (κ2) is 5.14. The molecule has 2 heterocycles. The van der Waals surface area contributed by atoms with E-state index in [-0.39, 0.29) is 5.41 Å². The van der Waals surface area contributed by atoms with E-state index in [4.69, 9.17) is 14.2 Å². The minimum atomic E-state index is -0.285. The molecule has 4 heteroatoms. The van der Waals surface area contributed by atoms with E-state index in [0.29, 0.717) is 19.8 Å². The van der Waals surface area contributed by atoms with Gasteiger partial charge in [0.15, 0.2) is 0 Å². The van der Waals surface area contributed by atoms with E-state index in [1.807, 2.05) is 36.5 Å². The monoisotopic (exact) mass is 295 g/mol. The van der Waals surface area contributed by atoms with Gasteiger partial charge in [0, 0.05) is 18.9 Å². The van der Waals surface area contributed by atoms with Gasteiger partial charge >= 0.3 is 0 Å². The number of aliphatic imine (C=N–C) groups is 1. The summed E-state index contributed by atoms with van der Waals surface area (Å²) in [7, 11) is 1.67. The van der Waals surface area contributed by atoms with Crippen LogP contribution in [0.5, 0.6) is 11.5 Å². The number of rotatable bonds is 4. The molecule has 0 fully saturated rings. The third-order valence-electron chi connectivity index (χ3n) is 4.25. The summed E-state index contributed by atoms with van der Waals surface area (Å²) in [4.78, 5) is 4.57. The van der Waals surface area contributed by atoms with Crippen LogP contribution in [-0.2, 0) is 10.2 Å². The van der Waals surface area contributed by atoms with Crippen LogP contribution in [0.3, 0.4) is 0 Å². The molecule has 22 heavy (non-hydrogen) atoms. The average Bonchev–Trinajstić information content (AvgIpc) is 3.11. The molecular weight excluding hydrogens is 278 g/mol. The third kappa shape index (κ3) is 1.91. The number of nitrogens with zero attached hydrogens (tertiary/aromatic N) is 1. The van der Waals surface area contributed by atoms with Gasteiger partial charge < -0.3 is 14.2 Å². The van der Waals surface area contributed by atoms with E-state index in [0.717, 1.165) is 22.7 Å². The molecule has 0 aromatic heterocycles. The van der Waals surface area contributed by atoms with Crippen molar-refractivity contribution in [2.75, 3.05) is 26.9 Å². The van der Waals surface area contributed by atoms with Crippen molar-refractivity contribution in [1.82, 2.24) is 0 Å². The quantitative estimate of drug-likeness (QED) is 0.814. The zero-order valence-electron chi connectivity index (χ0n) is 12.4. The molecule has 0 saturated heterocycles. The first-order chi connectivity index (χ1) is 10.8. The normalized spacial score (nSPS) is 20.8. The highest BCUT2D eigenvalue weighted by Crippen LogP contribution is 2.49. The number of para-hydroxylation sites is 1. The molecule has 0 amide bonds. The van der Waals surface area contributed by atoms with Crippen molar-refractivity contribution in [2.24, 2.45) is 4.99 Å². The fraction of sp³-hybridized carbons (Fsp3) is 0.278. The highest BCUT2D eigenvalue weighted by Gasteiger charge is 2.45. The second-order valence-corrected chi connectivity index (χ2v) is 5.53. The van der Waals surface area contributed by atoms with Crippen molar-refractivity contribution >= 4 is 11.9 Å². The lowest BCUT2D eigenvalue weighted by Gasteiger charge is -2.20. The Hall–Kier alpha value is -2.33. The Morgan fingerprint density at radius 2 is 2.05 bits per heavy atom. The summed E-state index contributed by atoms with van der Waals surface area (Å²) in [5, 5.41) is 0. The molecule has 112 valence electrons. The van der Waals surface area contributed by atoms with Crippen molar-refractivity contribution in [1.29, 1.82) is 0 Å². The van der Waals surface area contributed by atoms with Crippen molar-refractivity contribution in [2.45, 2.75) is 5.41 Å². The van der Waals surface area contributed by atoms with Crippen LogP contribution in [0.25, 0.3) is 0 Å². The zero-order chi connectivity index (χ0) is 15.0. The summed E-state index contributed by atoms with van der Waals surface area (Å²) in [5.74, 6) is 1.74. The summed E-state index contributed by atoms with van der Waals surface area (Å²) in [6.07, 6.45) is 2.00. The molecule has 2 aromatic rings. The number of hydrogen-bond donors (Lipinski definition) is 0. The topological polar surface area (TPSA) is 40.0 Å². The number of ether oxygens (including phenoxy) is 3. The molecule has 1 spiro atoms. The Bertz CT molecular complexity index is 741. The van der Waals surface area contributed by atoms with Gasteiger partial charge in [-0.15, -0.1) is 0 Å². The van der Waals surface area contributed by atoms with E-state index in [1.165, 1.54) is 5.56 Å². The van der Waals surface area contributed by atoms with Crippen LogP contribution in [-0.4, -0.2) is 33.1 Å². The lowest BCUT2D eigenvalue weighted by Crippen LogP contribution is -2.28. The van der Waals surface area contributed by atoms with Crippen LogP contribution in [0.1, 0.15) is 11.1 Å². The van der Waals surface area contributed by atoms with E-state index >= 15 is 0 Å². The van der Waals surface area contributed by atoms with Gasteiger partial charge in [-0.25, -0.2) is 0 Å². The number of fused-ring (bicyclic) bond motifs is 4. The van der Waals surface area contributed by atoms with Gasteiger partial charge in [-0.3, -0.25) is 4.99 Å². The summed E-state index contributed by atoms with van der Waals surface area (Å²) in [6, 6.07) is 14.2. The molecule has 4 nitrogen and oxygen atoms in total. The van der Waals surface area contributed by atoms with Gasteiger partial charge in [-0.2, -0.15) is 0 Å². The largest absolute Gasteiger partial charge is 0.492 e. The van der Waals surface area contributed by atoms with Gasteiger partial charge in [0.1, 0.15) is 24.7 Å². The highest BCUT2D eigenvalue weighted by atomic mass is 16.5. The predicted octanol–water partition coefficient (Wildman–Crippen LogP) is 3.11. The molecule has 0 radical (unpaired) electrons. The molecule has 2 aliphatic rings. The maximum absolute atomic E-state index is 5.90. The van der Waals surface area contributed by atoms with Crippen molar-refractivity contribution in [3.8, 4) is 11.5 Å². The predicted molar refractivity (Wildman–Crippen MR) is 84.7 cm³/mol. The SMILES string of the molecule is COCCOc1ccc2c(c1)C1(C=Nc3ccccc31)CO2. The number of hydrogen-bond acceptors (Lipinski definition) is 4. The average molecular weight is 295 g/mol. The smallest absolute Gasteiger partial charge is 0.124 e. The number of benzene rings is 2. The van der Waals surface area contributed by atoms with Crippen LogP contribution in [0, 0.1) is 0 Å². The minimum absolute atomic E-state index is 0.285. The van der Waals surface area contributed by atoms with Gasteiger partial charge in [0.25, 0.3) is 0 Å². The van der Waals surface area contributed by atoms with Gasteiger partial charge in [0.05, 0.1) is 17.7 Å². The van der Waals surface area contributed by atoms with E-state index in [1.54, 1.807) is 7.11 Å². The molecule has 2 aromatic carbocycles. The first-order valence-corrected chi connectivity index (χ1v) is 7.37. The van der Waals surface area contributed by atoms with Crippen molar-refractivity contribution in [3.05, 3.63) is 53.6 Å². The Morgan fingerprint density at radius 3 is 2.95 bits per heavy atom. The second-order valence-electron chi connectivity index (χ2n) is 5.53. The first-order valence-electron chi connectivity index (χ1n) is 7.37. The Kier molecular flexibility index (Phi) is 3.12. The Balaban J connectivity index is 1.73. The molecule has 4 rings (SSSR count). The van der Waals surface area contributed by atoms with E-state index in [9.17, 15) is 0 Å². The van der Waals surface area contributed by atoms with Gasteiger partial charge in [0.2, 0.25) is 0 Å². The minimum Gasteiger partial charge on any atom is -0.492 e. The van der Waals surface area contributed by atoms with Gasteiger partial charge in [-0.05, 0) is 29.8 Å².